The molecule has 0 saturated heterocycles. The molecule has 138 valence electrons. The van der Waals surface area contributed by atoms with Gasteiger partial charge in [-0.2, -0.15) is 0 Å². The molecule has 0 saturated carbocycles. The normalized spacial score (nSPS) is 10.4. The summed E-state index contributed by atoms with van der Waals surface area (Å²) >= 11 is 0. The van der Waals surface area contributed by atoms with Gasteiger partial charge in [0.25, 0.3) is 5.91 Å². The van der Waals surface area contributed by atoms with E-state index in [9.17, 15) is 9.18 Å². The lowest BCUT2D eigenvalue weighted by Gasteiger charge is -2.09. The minimum atomic E-state index is -0.254. The van der Waals surface area contributed by atoms with Crippen molar-refractivity contribution >= 4 is 11.6 Å². The maximum Gasteiger partial charge on any atom is 0.252 e. The number of amides is 1. The van der Waals surface area contributed by atoms with Gasteiger partial charge in [0.1, 0.15) is 5.82 Å². The molecule has 0 bridgehead atoms. The fourth-order valence-corrected chi connectivity index (χ4v) is 2.80. The molecule has 2 aromatic carbocycles. The average molecular weight is 363 g/mol. The molecule has 3 rings (SSSR count). The van der Waals surface area contributed by atoms with E-state index in [1.165, 1.54) is 17.8 Å². The Morgan fingerprint density at radius 3 is 2.74 bits per heavy atom. The molecule has 0 atom stereocenters. The molecule has 0 aliphatic heterocycles. The van der Waals surface area contributed by atoms with E-state index in [1.54, 1.807) is 30.5 Å². The molecule has 1 amide bonds. The van der Waals surface area contributed by atoms with Gasteiger partial charge in [-0.25, -0.2) is 4.39 Å². The Kier molecular flexibility index (Phi) is 6.15. The van der Waals surface area contributed by atoms with Gasteiger partial charge in [-0.3, -0.25) is 9.78 Å². The molecular formula is C22H22FN3O. The van der Waals surface area contributed by atoms with Crippen molar-refractivity contribution in [2.24, 2.45) is 0 Å². The highest BCUT2D eigenvalue weighted by molar-refractivity contribution is 5.94. The van der Waals surface area contributed by atoms with E-state index >= 15 is 0 Å². The molecule has 0 spiro atoms. The lowest BCUT2D eigenvalue weighted by molar-refractivity contribution is 0.0953. The Hall–Kier alpha value is -3.21. The smallest absolute Gasteiger partial charge is 0.252 e. The number of pyridine rings is 1. The van der Waals surface area contributed by atoms with Crippen molar-refractivity contribution in [2.75, 3.05) is 11.9 Å². The molecule has 27 heavy (non-hydrogen) atoms. The molecule has 0 aliphatic rings. The third-order valence-electron chi connectivity index (χ3n) is 4.22. The quantitative estimate of drug-likeness (QED) is 0.664. The molecule has 4 nitrogen and oxygen atoms in total. The lowest BCUT2D eigenvalue weighted by Crippen LogP contribution is -2.26. The molecule has 3 aromatic rings. The molecule has 2 N–H and O–H groups in total. The monoisotopic (exact) mass is 363 g/mol. The number of halogens is 1. The second kappa shape index (κ2) is 8.94. The molecule has 1 heterocycles. The summed E-state index contributed by atoms with van der Waals surface area (Å²) in [5.41, 5.74) is 4.20. The molecule has 0 radical (unpaired) electrons. The van der Waals surface area contributed by atoms with E-state index in [-0.39, 0.29) is 11.7 Å². The second-order valence-electron chi connectivity index (χ2n) is 6.40. The zero-order valence-electron chi connectivity index (χ0n) is 15.2. The van der Waals surface area contributed by atoms with Crippen molar-refractivity contribution in [1.82, 2.24) is 10.3 Å². The number of benzene rings is 2. The van der Waals surface area contributed by atoms with E-state index in [2.05, 4.69) is 34.7 Å². The molecule has 5 heteroatoms. The predicted molar refractivity (Wildman–Crippen MR) is 105 cm³/mol. The zero-order valence-corrected chi connectivity index (χ0v) is 15.2. The number of carbonyl (C=O) groups is 1. The summed E-state index contributed by atoms with van der Waals surface area (Å²) in [5, 5.41) is 6.09. The number of nitrogens with zero attached hydrogens (tertiary/aromatic N) is 1. The van der Waals surface area contributed by atoms with Crippen LogP contribution in [0.2, 0.25) is 0 Å². The van der Waals surface area contributed by atoms with E-state index in [1.807, 2.05) is 12.1 Å². The third-order valence-corrected chi connectivity index (χ3v) is 4.22. The Balaban J connectivity index is 1.54. The van der Waals surface area contributed by atoms with Crippen LogP contribution in [-0.4, -0.2) is 17.4 Å². The number of hydrogen-bond donors (Lipinski definition) is 2. The van der Waals surface area contributed by atoms with E-state index in [0.29, 0.717) is 30.6 Å². The highest BCUT2D eigenvalue weighted by Crippen LogP contribution is 2.12. The number of hydrogen-bond acceptors (Lipinski definition) is 3. The average Bonchev–Trinajstić information content (AvgIpc) is 2.68. The van der Waals surface area contributed by atoms with Crippen molar-refractivity contribution in [3.63, 3.8) is 0 Å². The van der Waals surface area contributed by atoms with Crippen molar-refractivity contribution in [1.29, 1.82) is 0 Å². The van der Waals surface area contributed by atoms with Gasteiger partial charge >= 0.3 is 0 Å². The molecule has 0 unspecified atom stereocenters. The number of nitrogens with one attached hydrogen (secondary N) is 2. The van der Waals surface area contributed by atoms with Gasteiger partial charge in [-0.1, -0.05) is 48.0 Å². The Bertz CT molecular complexity index is 927. The van der Waals surface area contributed by atoms with Crippen LogP contribution in [-0.2, 0) is 13.0 Å². The summed E-state index contributed by atoms with van der Waals surface area (Å²) < 4.78 is 13.6. The first-order valence-corrected chi connectivity index (χ1v) is 8.88. The first-order valence-electron chi connectivity index (χ1n) is 8.88. The van der Waals surface area contributed by atoms with Crippen LogP contribution in [0.1, 0.15) is 27.0 Å². The largest absolute Gasteiger partial charge is 0.380 e. The fraction of sp³-hybridized carbons (Fsp3) is 0.182. The van der Waals surface area contributed by atoms with Crippen LogP contribution in [0.5, 0.6) is 0 Å². The number of carbonyl (C=O) groups excluding carboxylic acids is 1. The summed E-state index contributed by atoms with van der Waals surface area (Å²) in [5.74, 6) is -0.478. The third kappa shape index (κ3) is 5.38. The molecule has 0 fully saturated rings. The summed E-state index contributed by atoms with van der Waals surface area (Å²) in [6, 6.07) is 16.6. The summed E-state index contributed by atoms with van der Waals surface area (Å²) in [6.45, 7) is 3.07. The van der Waals surface area contributed by atoms with Crippen molar-refractivity contribution in [2.45, 2.75) is 19.9 Å². The Morgan fingerprint density at radius 1 is 1.07 bits per heavy atom. The van der Waals surface area contributed by atoms with Gasteiger partial charge in [0.05, 0.1) is 11.3 Å². The first kappa shape index (κ1) is 18.6. The topological polar surface area (TPSA) is 54.0 Å². The van der Waals surface area contributed by atoms with E-state index in [4.69, 9.17) is 0 Å². The number of rotatable bonds is 7. The van der Waals surface area contributed by atoms with Crippen LogP contribution in [0, 0.1) is 12.7 Å². The predicted octanol–water partition coefficient (Wildman–Crippen LogP) is 4.11. The van der Waals surface area contributed by atoms with Crippen molar-refractivity contribution in [3.8, 4) is 0 Å². The zero-order chi connectivity index (χ0) is 19.1. The minimum Gasteiger partial charge on any atom is -0.380 e. The first-order chi connectivity index (χ1) is 13.1. The number of aryl methyl sites for hydroxylation is 1. The van der Waals surface area contributed by atoms with Crippen LogP contribution in [0.25, 0.3) is 0 Å². The minimum absolute atomic E-state index is 0.224. The highest BCUT2D eigenvalue weighted by Gasteiger charge is 2.08. The fourth-order valence-electron chi connectivity index (χ4n) is 2.80. The lowest BCUT2D eigenvalue weighted by atomic mass is 10.1. The van der Waals surface area contributed by atoms with E-state index < -0.39 is 0 Å². The Labute approximate surface area is 158 Å². The standard InChI is InChI=1S/C22H22FN3O/c1-16-5-4-6-17(11-16)13-26-20-12-19(14-24-15-20)22(27)25-10-9-18-7-2-3-8-21(18)23/h2-8,11-12,14-15,26H,9-10,13H2,1H3,(H,25,27). The van der Waals surface area contributed by atoms with Crippen LogP contribution in [0.3, 0.4) is 0 Å². The van der Waals surface area contributed by atoms with Gasteiger partial charge < -0.3 is 10.6 Å². The van der Waals surface area contributed by atoms with Crippen LogP contribution in [0.15, 0.2) is 67.0 Å². The molecule has 1 aromatic heterocycles. The van der Waals surface area contributed by atoms with Crippen LogP contribution >= 0.6 is 0 Å². The second-order valence-corrected chi connectivity index (χ2v) is 6.40. The number of aromatic nitrogens is 1. The van der Waals surface area contributed by atoms with Crippen molar-refractivity contribution in [3.05, 3.63) is 95.1 Å². The summed E-state index contributed by atoms with van der Waals surface area (Å²) in [6.07, 6.45) is 3.65. The van der Waals surface area contributed by atoms with Gasteiger partial charge in [0.2, 0.25) is 0 Å². The van der Waals surface area contributed by atoms with Gasteiger partial charge in [0, 0.05) is 25.5 Å². The van der Waals surface area contributed by atoms with E-state index in [0.717, 1.165) is 11.3 Å². The molecular weight excluding hydrogens is 341 g/mol. The highest BCUT2D eigenvalue weighted by atomic mass is 19.1. The SMILES string of the molecule is Cc1cccc(CNc2cncc(C(=O)NCCc3ccccc3F)c2)c1. The summed E-state index contributed by atoms with van der Waals surface area (Å²) in [4.78, 5) is 16.5. The van der Waals surface area contributed by atoms with Crippen LogP contribution < -0.4 is 10.6 Å². The van der Waals surface area contributed by atoms with Gasteiger partial charge in [0.15, 0.2) is 0 Å². The van der Waals surface area contributed by atoms with Crippen LogP contribution in [0.4, 0.5) is 10.1 Å². The maximum absolute atomic E-state index is 13.6. The number of anilines is 1. The summed E-state index contributed by atoms with van der Waals surface area (Å²) in [7, 11) is 0. The van der Waals surface area contributed by atoms with Gasteiger partial charge in [-0.05, 0) is 36.6 Å². The van der Waals surface area contributed by atoms with Gasteiger partial charge in [-0.15, -0.1) is 0 Å². The molecule has 0 aliphatic carbocycles. The maximum atomic E-state index is 13.6. The van der Waals surface area contributed by atoms with Crippen molar-refractivity contribution < 1.29 is 9.18 Å². The Morgan fingerprint density at radius 2 is 1.93 bits per heavy atom.